The lowest BCUT2D eigenvalue weighted by Gasteiger charge is -2.09. The Balaban J connectivity index is 1.96. The quantitative estimate of drug-likeness (QED) is 0.687. The smallest absolute Gasteiger partial charge is 0.268 e. The maximum absolute atomic E-state index is 13.1. The summed E-state index contributed by atoms with van der Waals surface area (Å²) < 4.78 is 32.9. The third-order valence-electron chi connectivity index (χ3n) is 3.81. The number of halogens is 1. The van der Waals surface area contributed by atoms with Gasteiger partial charge in [-0.3, -0.25) is 4.79 Å². The van der Waals surface area contributed by atoms with Gasteiger partial charge in [-0.1, -0.05) is 36.4 Å². The number of aromatic nitrogens is 2. The fourth-order valence-electron chi connectivity index (χ4n) is 2.58. The first-order valence-corrected chi connectivity index (χ1v) is 8.78. The van der Waals surface area contributed by atoms with Crippen LogP contribution in [-0.2, 0) is 23.3 Å². The Hall–Kier alpha value is -2.64. The third kappa shape index (κ3) is 4.26. The number of H-pyrrole nitrogens is 1. The summed E-state index contributed by atoms with van der Waals surface area (Å²) in [6, 6.07) is 13.0. The van der Waals surface area contributed by atoms with Crippen LogP contribution in [0.3, 0.4) is 0 Å². The van der Waals surface area contributed by atoms with E-state index in [1.807, 2.05) is 0 Å². The predicted octanol–water partition coefficient (Wildman–Crippen LogP) is 2.89. The van der Waals surface area contributed by atoms with Gasteiger partial charge in [0.1, 0.15) is 5.82 Å². The zero-order chi connectivity index (χ0) is 17.8. The molecule has 0 aliphatic heterocycles. The van der Waals surface area contributed by atoms with Gasteiger partial charge in [-0.05, 0) is 28.8 Å². The molecule has 7 heteroatoms. The third-order valence-corrected chi connectivity index (χ3v) is 4.39. The molecule has 0 bridgehead atoms. The second-order valence-corrected chi connectivity index (χ2v) is 6.49. The van der Waals surface area contributed by atoms with Crippen molar-refractivity contribution in [3.8, 4) is 11.1 Å². The van der Waals surface area contributed by atoms with Gasteiger partial charge in [0, 0.05) is 17.5 Å². The molecule has 2 N–H and O–H groups in total. The van der Waals surface area contributed by atoms with Gasteiger partial charge < -0.3 is 4.55 Å². The highest BCUT2D eigenvalue weighted by Crippen LogP contribution is 2.23. The lowest BCUT2D eigenvalue weighted by molar-refractivity contribution is 0.563. The van der Waals surface area contributed by atoms with Gasteiger partial charge in [-0.25, -0.2) is 13.7 Å². The summed E-state index contributed by atoms with van der Waals surface area (Å²) in [6.45, 7) is 0. The van der Waals surface area contributed by atoms with Crippen molar-refractivity contribution in [2.75, 3.05) is 0 Å². The van der Waals surface area contributed by atoms with Crippen LogP contribution in [0.15, 0.2) is 59.5 Å². The summed E-state index contributed by atoms with van der Waals surface area (Å²) in [7, 11) is 0. The predicted molar refractivity (Wildman–Crippen MR) is 94.0 cm³/mol. The van der Waals surface area contributed by atoms with E-state index in [1.165, 1.54) is 12.1 Å². The molecule has 25 heavy (non-hydrogen) atoms. The van der Waals surface area contributed by atoms with E-state index in [0.717, 1.165) is 16.7 Å². The second kappa shape index (κ2) is 7.50. The molecule has 0 radical (unpaired) electrons. The number of rotatable bonds is 5. The number of benzene rings is 2. The molecule has 0 fully saturated rings. The van der Waals surface area contributed by atoms with Crippen LogP contribution >= 0.6 is 0 Å². The maximum Gasteiger partial charge on any atom is 0.268 e. The van der Waals surface area contributed by atoms with Crippen LogP contribution in [0, 0.1) is 5.82 Å². The summed E-state index contributed by atoms with van der Waals surface area (Å²) in [5.74, 6) is -0.277. The fourth-order valence-corrected chi connectivity index (χ4v) is 3.05. The first-order valence-electron chi connectivity index (χ1n) is 7.50. The molecule has 0 saturated carbocycles. The Bertz CT molecular complexity index is 953. The average molecular weight is 358 g/mol. The minimum absolute atomic E-state index is 0.0519. The number of nitrogens with one attached hydrogen (secondary N) is 1. The molecule has 2 aromatic carbocycles. The standard InChI is InChI=1S/C18H15FN2O3S/c19-15-7-3-12(4-8-15)9-16-17(10-20-21-18(16)22)14-5-1-13(2-6-14)11-25(23)24/h1-8,10H,9,11H2,(H,21,22)(H,23,24). The van der Waals surface area contributed by atoms with E-state index in [0.29, 0.717) is 17.5 Å². The summed E-state index contributed by atoms with van der Waals surface area (Å²) in [4.78, 5) is 12.2. The summed E-state index contributed by atoms with van der Waals surface area (Å²) in [5.41, 5.74) is 3.21. The van der Waals surface area contributed by atoms with Crippen LogP contribution in [0.2, 0.25) is 0 Å². The normalized spacial score (nSPS) is 12.1. The minimum atomic E-state index is -1.90. The van der Waals surface area contributed by atoms with Crippen LogP contribution in [0.25, 0.3) is 11.1 Å². The lowest BCUT2D eigenvalue weighted by atomic mass is 9.97. The van der Waals surface area contributed by atoms with Crippen molar-refractivity contribution < 1.29 is 13.2 Å². The Kier molecular flexibility index (Phi) is 5.16. The molecular formula is C18H15FN2O3S. The Morgan fingerprint density at radius 2 is 1.68 bits per heavy atom. The number of aromatic amines is 1. The van der Waals surface area contributed by atoms with Gasteiger partial charge in [-0.15, -0.1) is 0 Å². The first kappa shape index (κ1) is 17.2. The van der Waals surface area contributed by atoms with Gasteiger partial charge in [0.15, 0.2) is 11.1 Å². The second-order valence-electron chi connectivity index (χ2n) is 5.56. The molecule has 5 nitrogen and oxygen atoms in total. The van der Waals surface area contributed by atoms with E-state index >= 15 is 0 Å². The van der Waals surface area contributed by atoms with Crippen LogP contribution < -0.4 is 5.56 Å². The van der Waals surface area contributed by atoms with E-state index in [1.54, 1.807) is 42.6 Å². The lowest BCUT2D eigenvalue weighted by Crippen LogP contribution is -2.16. The highest BCUT2D eigenvalue weighted by molar-refractivity contribution is 7.78. The van der Waals surface area contributed by atoms with Crippen molar-refractivity contribution in [3.05, 3.63) is 87.6 Å². The van der Waals surface area contributed by atoms with Crippen LogP contribution in [-0.4, -0.2) is 19.0 Å². The van der Waals surface area contributed by atoms with E-state index in [2.05, 4.69) is 10.2 Å². The van der Waals surface area contributed by atoms with Crippen molar-refractivity contribution in [2.45, 2.75) is 12.2 Å². The average Bonchev–Trinajstić information content (AvgIpc) is 2.59. The molecule has 0 amide bonds. The molecule has 3 aromatic rings. The number of nitrogens with zero attached hydrogens (tertiary/aromatic N) is 1. The number of hydrogen-bond acceptors (Lipinski definition) is 3. The Morgan fingerprint density at radius 1 is 1.04 bits per heavy atom. The first-order chi connectivity index (χ1) is 12.0. The maximum atomic E-state index is 13.1. The minimum Gasteiger partial charge on any atom is -0.306 e. The summed E-state index contributed by atoms with van der Waals surface area (Å²) in [5, 5.41) is 6.29. The fraction of sp³-hybridized carbons (Fsp3) is 0.111. The van der Waals surface area contributed by atoms with Gasteiger partial charge in [0.25, 0.3) is 5.56 Å². The molecule has 0 spiro atoms. The van der Waals surface area contributed by atoms with Crippen molar-refractivity contribution >= 4 is 11.1 Å². The van der Waals surface area contributed by atoms with E-state index < -0.39 is 11.1 Å². The van der Waals surface area contributed by atoms with Crippen LogP contribution in [0.4, 0.5) is 4.39 Å². The highest BCUT2D eigenvalue weighted by atomic mass is 32.2. The van der Waals surface area contributed by atoms with E-state index in [4.69, 9.17) is 4.55 Å². The van der Waals surface area contributed by atoms with Gasteiger partial charge >= 0.3 is 0 Å². The zero-order valence-corrected chi connectivity index (χ0v) is 13.9. The summed E-state index contributed by atoms with van der Waals surface area (Å²) >= 11 is -1.90. The Labute approximate surface area is 145 Å². The monoisotopic (exact) mass is 358 g/mol. The summed E-state index contributed by atoms with van der Waals surface area (Å²) in [6.07, 6.45) is 1.91. The molecule has 1 heterocycles. The van der Waals surface area contributed by atoms with Crippen molar-refractivity contribution in [2.24, 2.45) is 0 Å². The molecule has 0 aliphatic carbocycles. The van der Waals surface area contributed by atoms with Crippen molar-refractivity contribution in [1.29, 1.82) is 0 Å². The topological polar surface area (TPSA) is 83.0 Å². The number of hydrogen-bond donors (Lipinski definition) is 2. The van der Waals surface area contributed by atoms with Gasteiger partial charge in [0.05, 0.1) is 11.9 Å². The molecule has 1 aromatic heterocycles. The van der Waals surface area contributed by atoms with E-state index in [-0.39, 0.29) is 17.1 Å². The molecule has 1 unspecified atom stereocenters. The molecule has 128 valence electrons. The molecule has 1 atom stereocenters. The Morgan fingerprint density at radius 3 is 2.32 bits per heavy atom. The van der Waals surface area contributed by atoms with Gasteiger partial charge in [-0.2, -0.15) is 5.10 Å². The van der Waals surface area contributed by atoms with Crippen molar-refractivity contribution in [1.82, 2.24) is 10.2 Å². The molecule has 0 aliphatic rings. The highest BCUT2D eigenvalue weighted by Gasteiger charge is 2.11. The van der Waals surface area contributed by atoms with Crippen LogP contribution in [0.1, 0.15) is 16.7 Å². The SMILES string of the molecule is O=c1[nH]ncc(-c2ccc(CS(=O)O)cc2)c1Cc1ccc(F)cc1. The van der Waals surface area contributed by atoms with Gasteiger partial charge in [0.2, 0.25) is 0 Å². The molecular weight excluding hydrogens is 343 g/mol. The van der Waals surface area contributed by atoms with Crippen molar-refractivity contribution in [3.63, 3.8) is 0 Å². The zero-order valence-electron chi connectivity index (χ0n) is 13.1. The largest absolute Gasteiger partial charge is 0.306 e. The van der Waals surface area contributed by atoms with E-state index in [9.17, 15) is 13.4 Å². The van der Waals surface area contributed by atoms with Crippen LogP contribution in [0.5, 0.6) is 0 Å². The molecule has 3 rings (SSSR count). The molecule has 0 saturated heterocycles.